The molecule has 1 N–H and O–H groups in total. The molecule has 0 spiro atoms. The van der Waals surface area contributed by atoms with Gasteiger partial charge in [-0.15, -0.1) is 0 Å². The van der Waals surface area contributed by atoms with Crippen molar-refractivity contribution < 1.29 is 0 Å². The first-order valence-corrected chi connectivity index (χ1v) is 6.76. The summed E-state index contributed by atoms with van der Waals surface area (Å²) in [5, 5.41) is 3.35. The van der Waals surface area contributed by atoms with Gasteiger partial charge in [-0.05, 0) is 43.1 Å². The van der Waals surface area contributed by atoms with Gasteiger partial charge in [0.05, 0.1) is 0 Å². The van der Waals surface area contributed by atoms with Gasteiger partial charge in [-0.2, -0.15) is 0 Å². The van der Waals surface area contributed by atoms with E-state index in [1.165, 1.54) is 28.4 Å². The van der Waals surface area contributed by atoms with Gasteiger partial charge in [0.15, 0.2) is 0 Å². The topological polar surface area (TPSA) is 15.3 Å². The Kier molecular flexibility index (Phi) is 2.78. The van der Waals surface area contributed by atoms with Crippen LogP contribution >= 0.6 is 15.9 Å². The van der Waals surface area contributed by atoms with Crippen molar-refractivity contribution in [2.45, 2.75) is 24.9 Å². The van der Waals surface area contributed by atoms with Crippen molar-refractivity contribution in [2.24, 2.45) is 0 Å². The molecule has 1 heterocycles. The zero-order valence-electron chi connectivity index (χ0n) is 9.54. The molecule has 16 heavy (non-hydrogen) atoms. The molecule has 0 radical (unpaired) electrons. The highest BCUT2D eigenvalue weighted by atomic mass is 79.9. The molecule has 2 nitrogen and oxygen atoms in total. The van der Waals surface area contributed by atoms with Gasteiger partial charge in [-0.25, -0.2) is 0 Å². The molecular weight excluding hydrogens is 264 g/mol. The number of hydrogen-bond acceptors (Lipinski definition) is 2. The van der Waals surface area contributed by atoms with E-state index in [-0.39, 0.29) is 0 Å². The minimum atomic E-state index is 0.634. The lowest BCUT2D eigenvalue weighted by Crippen LogP contribution is -2.56. The van der Waals surface area contributed by atoms with Crippen LogP contribution < -0.4 is 5.32 Å². The highest BCUT2D eigenvalue weighted by molar-refractivity contribution is 9.10. The van der Waals surface area contributed by atoms with Crippen molar-refractivity contribution in [1.82, 2.24) is 10.2 Å². The molecule has 1 aromatic carbocycles. The summed E-state index contributed by atoms with van der Waals surface area (Å²) in [5.41, 5.74) is 3.07. The van der Waals surface area contributed by atoms with E-state index in [0.717, 1.165) is 19.1 Å². The van der Waals surface area contributed by atoms with Gasteiger partial charge in [0.1, 0.15) is 0 Å². The molecule has 2 aliphatic rings. The highest BCUT2D eigenvalue weighted by Crippen LogP contribution is 2.37. The van der Waals surface area contributed by atoms with Crippen LogP contribution in [0.15, 0.2) is 22.7 Å². The second-order valence-electron chi connectivity index (χ2n) is 4.88. The quantitative estimate of drug-likeness (QED) is 0.895. The zero-order chi connectivity index (χ0) is 11.1. The molecule has 1 aliphatic carbocycles. The number of halogens is 1. The summed E-state index contributed by atoms with van der Waals surface area (Å²) >= 11 is 3.55. The first-order valence-electron chi connectivity index (χ1n) is 5.96. The summed E-state index contributed by atoms with van der Waals surface area (Å²) in [6.45, 7) is 2.30. The minimum Gasteiger partial charge on any atom is -0.314 e. The maximum Gasteiger partial charge on any atom is 0.0355 e. The number of nitrogens with one attached hydrogen (secondary N) is 1. The van der Waals surface area contributed by atoms with Crippen LogP contribution in [0.4, 0.5) is 0 Å². The second kappa shape index (κ2) is 4.13. The van der Waals surface area contributed by atoms with Gasteiger partial charge >= 0.3 is 0 Å². The fourth-order valence-electron chi connectivity index (χ4n) is 2.80. The number of benzene rings is 1. The van der Waals surface area contributed by atoms with E-state index in [2.05, 4.69) is 51.4 Å². The number of hydrogen-bond donors (Lipinski definition) is 1. The van der Waals surface area contributed by atoms with Crippen molar-refractivity contribution in [3.8, 4) is 0 Å². The number of rotatable bonds is 2. The number of nitrogens with zero attached hydrogens (tertiary/aromatic N) is 1. The Labute approximate surface area is 105 Å². The van der Waals surface area contributed by atoms with Gasteiger partial charge in [0.25, 0.3) is 0 Å². The Balaban J connectivity index is 1.84. The van der Waals surface area contributed by atoms with Crippen LogP contribution in [-0.4, -0.2) is 31.1 Å². The molecule has 0 aromatic heterocycles. The van der Waals surface area contributed by atoms with Gasteiger partial charge in [0.2, 0.25) is 0 Å². The molecule has 1 atom stereocenters. The lowest BCUT2D eigenvalue weighted by atomic mass is 10.0. The molecule has 1 saturated heterocycles. The Morgan fingerprint density at radius 3 is 2.88 bits per heavy atom. The molecule has 0 amide bonds. The highest BCUT2D eigenvalue weighted by Gasteiger charge is 2.32. The standard InChI is InChI=1S/C13H17BrN2/c1-16(11-7-15-8-11)13-5-2-9-6-10(14)3-4-12(9)13/h3-4,6,11,13,15H,2,5,7-8H2,1H3. The van der Waals surface area contributed by atoms with Crippen molar-refractivity contribution >= 4 is 15.9 Å². The molecule has 1 aromatic rings. The number of fused-ring (bicyclic) bond motifs is 1. The predicted molar refractivity (Wildman–Crippen MR) is 69.6 cm³/mol. The molecule has 1 unspecified atom stereocenters. The van der Waals surface area contributed by atoms with Crippen molar-refractivity contribution in [2.75, 3.05) is 20.1 Å². The lowest BCUT2D eigenvalue weighted by molar-refractivity contribution is 0.127. The molecule has 1 fully saturated rings. The summed E-state index contributed by atoms with van der Waals surface area (Å²) in [6, 6.07) is 8.11. The third-order valence-electron chi connectivity index (χ3n) is 3.98. The van der Waals surface area contributed by atoms with Gasteiger partial charge in [0, 0.05) is 29.6 Å². The Hall–Kier alpha value is -0.380. The molecule has 3 rings (SSSR count). The first kappa shape index (κ1) is 10.8. The average Bonchev–Trinajstić information content (AvgIpc) is 2.57. The largest absolute Gasteiger partial charge is 0.314 e. The predicted octanol–water partition coefficient (Wildman–Crippen LogP) is 2.34. The van der Waals surface area contributed by atoms with Crippen LogP contribution in [0.3, 0.4) is 0 Å². The van der Waals surface area contributed by atoms with E-state index in [1.807, 2.05) is 0 Å². The maximum absolute atomic E-state index is 3.55. The molecule has 3 heteroatoms. The van der Waals surface area contributed by atoms with Crippen LogP contribution in [0.2, 0.25) is 0 Å². The molecular formula is C13H17BrN2. The minimum absolute atomic E-state index is 0.634. The van der Waals surface area contributed by atoms with Crippen molar-refractivity contribution in [3.05, 3.63) is 33.8 Å². The first-order chi connectivity index (χ1) is 7.75. The van der Waals surface area contributed by atoms with Gasteiger partial charge in [-0.1, -0.05) is 22.0 Å². The molecule has 86 valence electrons. The van der Waals surface area contributed by atoms with E-state index in [1.54, 1.807) is 0 Å². The zero-order valence-corrected chi connectivity index (χ0v) is 11.1. The molecule has 0 saturated carbocycles. The van der Waals surface area contributed by atoms with Gasteiger partial charge in [-0.3, -0.25) is 4.90 Å². The van der Waals surface area contributed by atoms with Crippen molar-refractivity contribution in [1.29, 1.82) is 0 Å². The van der Waals surface area contributed by atoms with E-state index >= 15 is 0 Å². The molecule has 0 bridgehead atoms. The van der Waals surface area contributed by atoms with E-state index in [4.69, 9.17) is 0 Å². The second-order valence-corrected chi connectivity index (χ2v) is 5.79. The smallest absolute Gasteiger partial charge is 0.0355 e. The third kappa shape index (κ3) is 1.71. The SMILES string of the molecule is CN(C1CNC1)C1CCc2cc(Br)ccc21. The van der Waals surface area contributed by atoms with E-state index in [9.17, 15) is 0 Å². The summed E-state index contributed by atoms with van der Waals surface area (Å²) < 4.78 is 1.21. The number of aryl methyl sites for hydroxylation is 1. The fraction of sp³-hybridized carbons (Fsp3) is 0.538. The average molecular weight is 281 g/mol. The molecule has 1 aliphatic heterocycles. The van der Waals surface area contributed by atoms with Gasteiger partial charge < -0.3 is 5.32 Å². The van der Waals surface area contributed by atoms with Crippen LogP contribution in [-0.2, 0) is 6.42 Å². The fourth-order valence-corrected chi connectivity index (χ4v) is 3.21. The van der Waals surface area contributed by atoms with Crippen LogP contribution in [0.25, 0.3) is 0 Å². The maximum atomic E-state index is 3.55. The van der Waals surface area contributed by atoms with Crippen LogP contribution in [0.5, 0.6) is 0 Å². The summed E-state index contributed by atoms with van der Waals surface area (Å²) in [5.74, 6) is 0. The Morgan fingerprint density at radius 2 is 2.19 bits per heavy atom. The summed E-state index contributed by atoms with van der Waals surface area (Å²) in [6.07, 6.45) is 2.50. The number of likely N-dealkylation sites (N-methyl/N-ethyl adjacent to an activating group) is 1. The van der Waals surface area contributed by atoms with E-state index in [0.29, 0.717) is 6.04 Å². The van der Waals surface area contributed by atoms with E-state index < -0.39 is 0 Å². The summed E-state index contributed by atoms with van der Waals surface area (Å²) in [4.78, 5) is 2.55. The van der Waals surface area contributed by atoms with Crippen LogP contribution in [0.1, 0.15) is 23.6 Å². The lowest BCUT2D eigenvalue weighted by Gasteiger charge is -2.39. The third-order valence-corrected chi connectivity index (χ3v) is 4.47. The van der Waals surface area contributed by atoms with Crippen molar-refractivity contribution in [3.63, 3.8) is 0 Å². The normalized spacial score (nSPS) is 24.6. The Bertz CT molecular complexity index is 401. The monoisotopic (exact) mass is 280 g/mol. The van der Waals surface area contributed by atoms with Crippen LogP contribution in [0, 0.1) is 0 Å². The summed E-state index contributed by atoms with van der Waals surface area (Å²) in [7, 11) is 2.27. The Morgan fingerprint density at radius 1 is 1.38 bits per heavy atom.